The molecule has 140 valence electrons. The molecule has 0 aromatic carbocycles. The van der Waals surface area contributed by atoms with Crippen LogP contribution in [0.1, 0.15) is 16.2 Å². The fourth-order valence-electron chi connectivity index (χ4n) is 2.64. The highest BCUT2D eigenvalue weighted by atomic mass is 19.4. The smallest absolute Gasteiger partial charge is 0.433 e. The number of hydrogen-bond acceptors (Lipinski definition) is 5. The van der Waals surface area contributed by atoms with Gasteiger partial charge in [-0.25, -0.2) is 4.98 Å². The van der Waals surface area contributed by atoms with Gasteiger partial charge >= 0.3 is 6.18 Å². The summed E-state index contributed by atoms with van der Waals surface area (Å²) in [6.45, 7) is 0.472. The van der Waals surface area contributed by atoms with Crippen LogP contribution >= 0.6 is 0 Å². The lowest BCUT2D eigenvalue weighted by Gasteiger charge is -2.38. The third kappa shape index (κ3) is 3.50. The van der Waals surface area contributed by atoms with E-state index >= 15 is 0 Å². The summed E-state index contributed by atoms with van der Waals surface area (Å²) < 4.78 is 48.7. The molecule has 4 rings (SSSR count). The molecule has 0 unspecified atom stereocenters. The van der Waals surface area contributed by atoms with Gasteiger partial charge in [-0.2, -0.15) is 18.3 Å². The summed E-state index contributed by atoms with van der Waals surface area (Å²) in [6, 6.07) is 8.48. The van der Waals surface area contributed by atoms with Gasteiger partial charge in [0.05, 0.1) is 19.4 Å². The Morgan fingerprint density at radius 2 is 2.07 bits per heavy atom. The number of nitrogens with one attached hydrogen (secondary N) is 1. The second kappa shape index (κ2) is 6.45. The minimum absolute atomic E-state index is 0.123. The first kappa shape index (κ1) is 17.1. The van der Waals surface area contributed by atoms with Crippen molar-refractivity contribution in [2.24, 2.45) is 0 Å². The van der Waals surface area contributed by atoms with Crippen LogP contribution in [0.15, 0.2) is 47.1 Å². The monoisotopic (exact) mass is 378 g/mol. The fraction of sp³-hybridized carbons (Fsp3) is 0.235. The topological polar surface area (TPSA) is 84.2 Å². The van der Waals surface area contributed by atoms with Gasteiger partial charge in [-0.15, -0.1) is 0 Å². The van der Waals surface area contributed by atoms with E-state index in [2.05, 4.69) is 15.2 Å². The minimum atomic E-state index is -4.54. The van der Waals surface area contributed by atoms with Crippen molar-refractivity contribution < 1.29 is 27.1 Å². The largest absolute Gasteiger partial charge is 0.471 e. The summed E-state index contributed by atoms with van der Waals surface area (Å²) >= 11 is 0. The molecule has 7 nitrogen and oxygen atoms in total. The Labute approximate surface area is 150 Å². The number of furan rings is 1. The maximum absolute atomic E-state index is 12.7. The lowest BCUT2D eigenvalue weighted by molar-refractivity contribution is -0.141. The van der Waals surface area contributed by atoms with Crippen LogP contribution in [0.25, 0.3) is 11.5 Å². The molecule has 1 fully saturated rings. The van der Waals surface area contributed by atoms with Gasteiger partial charge in [0, 0.05) is 12.1 Å². The van der Waals surface area contributed by atoms with Crippen LogP contribution in [0.2, 0.25) is 0 Å². The SMILES string of the molecule is O=C(c1cc(-c2ccco2)[nH]n1)N1CC(Oc2cccc(C(F)(F)F)n2)C1. The average molecular weight is 378 g/mol. The number of aromatic amines is 1. The summed E-state index contributed by atoms with van der Waals surface area (Å²) in [4.78, 5) is 17.3. The highest BCUT2D eigenvalue weighted by Gasteiger charge is 2.36. The van der Waals surface area contributed by atoms with E-state index in [1.54, 1.807) is 18.2 Å². The molecule has 1 aliphatic heterocycles. The van der Waals surface area contributed by atoms with Gasteiger partial charge in [-0.05, 0) is 18.2 Å². The van der Waals surface area contributed by atoms with Crippen molar-refractivity contribution in [1.82, 2.24) is 20.1 Å². The van der Waals surface area contributed by atoms with Gasteiger partial charge in [0.2, 0.25) is 5.88 Å². The number of halogens is 3. The van der Waals surface area contributed by atoms with Crippen molar-refractivity contribution in [2.45, 2.75) is 12.3 Å². The molecule has 3 aromatic rings. The van der Waals surface area contributed by atoms with Crippen molar-refractivity contribution in [1.29, 1.82) is 0 Å². The molecule has 1 aliphatic rings. The maximum atomic E-state index is 12.7. The van der Waals surface area contributed by atoms with E-state index in [0.29, 0.717) is 11.5 Å². The van der Waals surface area contributed by atoms with E-state index in [-0.39, 0.29) is 30.6 Å². The van der Waals surface area contributed by atoms with Crippen LogP contribution in [0, 0.1) is 0 Å². The molecule has 0 spiro atoms. The number of ether oxygens (including phenoxy) is 1. The van der Waals surface area contributed by atoms with Crippen molar-refractivity contribution >= 4 is 5.91 Å². The Balaban J connectivity index is 1.35. The molecule has 4 heterocycles. The third-order valence-corrected chi connectivity index (χ3v) is 4.02. The number of hydrogen-bond donors (Lipinski definition) is 1. The number of alkyl halides is 3. The second-order valence-electron chi connectivity index (χ2n) is 5.95. The van der Waals surface area contributed by atoms with Gasteiger partial charge in [-0.1, -0.05) is 6.07 Å². The van der Waals surface area contributed by atoms with Crippen LogP contribution in [-0.2, 0) is 6.18 Å². The van der Waals surface area contributed by atoms with Gasteiger partial charge in [0.15, 0.2) is 11.5 Å². The first-order valence-corrected chi connectivity index (χ1v) is 7.99. The first-order chi connectivity index (χ1) is 12.9. The van der Waals surface area contributed by atoms with Crippen molar-refractivity contribution in [3.05, 3.63) is 54.0 Å². The van der Waals surface area contributed by atoms with Gasteiger partial charge in [-0.3, -0.25) is 9.89 Å². The zero-order valence-corrected chi connectivity index (χ0v) is 13.7. The standard InChI is InChI=1S/C17H13F3N4O3/c18-17(19,20)14-4-1-5-15(21-14)27-10-8-24(9-10)16(25)12-7-11(22-23-12)13-3-2-6-26-13/h1-7,10H,8-9H2,(H,22,23). The number of H-pyrrole nitrogens is 1. The molecule has 0 saturated carbocycles. The van der Waals surface area contributed by atoms with E-state index < -0.39 is 18.0 Å². The number of pyridine rings is 1. The number of amides is 1. The normalized spacial score (nSPS) is 14.9. The number of likely N-dealkylation sites (tertiary alicyclic amines) is 1. The van der Waals surface area contributed by atoms with Crippen molar-refractivity contribution in [3.63, 3.8) is 0 Å². The molecular weight excluding hydrogens is 365 g/mol. The first-order valence-electron chi connectivity index (χ1n) is 7.99. The zero-order valence-electron chi connectivity index (χ0n) is 13.7. The van der Waals surface area contributed by atoms with E-state index in [1.165, 1.54) is 23.3 Å². The molecule has 3 aromatic heterocycles. The van der Waals surface area contributed by atoms with Crippen LogP contribution < -0.4 is 4.74 Å². The van der Waals surface area contributed by atoms with E-state index in [4.69, 9.17) is 9.15 Å². The Hall–Kier alpha value is -3.30. The number of aromatic nitrogens is 3. The van der Waals surface area contributed by atoms with Gasteiger partial charge in [0.1, 0.15) is 17.5 Å². The lowest BCUT2D eigenvalue weighted by atomic mass is 10.1. The van der Waals surface area contributed by atoms with Gasteiger partial charge in [0.25, 0.3) is 5.91 Å². The molecule has 1 saturated heterocycles. The summed E-state index contributed by atoms with van der Waals surface area (Å²) in [5, 5.41) is 6.69. The molecule has 27 heavy (non-hydrogen) atoms. The molecule has 1 amide bonds. The van der Waals surface area contributed by atoms with Gasteiger partial charge < -0.3 is 14.1 Å². The Morgan fingerprint density at radius 3 is 2.78 bits per heavy atom. The molecular formula is C17H13F3N4O3. The minimum Gasteiger partial charge on any atom is -0.471 e. The predicted octanol–water partition coefficient (Wildman–Crippen LogP) is 2.99. The Kier molecular flexibility index (Phi) is 4.09. The number of rotatable bonds is 4. The number of nitrogens with zero attached hydrogens (tertiary/aromatic N) is 3. The average Bonchev–Trinajstić information content (AvgIpc) is 3.27. The summed E-state index contributed by atoms with van der Waals surface area (Å²) in [7, 11) is 0. The molecule has 10 heteroatoms. The molecule has 1 N–H and O–H groups in total. The van der Waals surface area contributed by atoms with Crippen LogP contribution in [0.4, 0.5) is 13.2 Å². The Morgan fingerprint density at radius 1 is 1.26 bits per heavy atom. The molecule has 0 radical (unpaired) electrons. The van der Waals surface area contributed by atoms with E-state index in [1.807, 2.05) is 0 Å². The van der Waals surface area contributed by atoms with Crippen molar-refractivity contribution in [2.75, 3.05) is 13.1 Å². The lowest BCUT2D eigenvalue weighted by Crippen LogP contribution is -2.56. The fourth-order valence-corrected chi connectivity index (χ4v) is 2.64. The highest BCUT2D eigenvalue weighted by molar-refractivity contribution is 5.93. The quantitative estimate of drug-likeness (QED) is 0.755. The number of carbonyl (C=O) groups excluding carboxylic acids is 1. The highest BCUT2D eigenvalue weighted by Crippen LogP contribution is 2.29. The molecule has 0 bridgehead atoms. The van der Waals surface area contributed by atoms with E-state index in [9.17, 15) is 18.0 Å². The van der Waals surface area contributed by atoms with Crippen LogP contribution in [0.5, 0.6) is 5.88 Å². The van der Waals surface area contributed by atoms with Crippen LogP contribution in [-0.4, -0.2) is 45.2 Å². The molecule has 0 aliphatic carbocycles. The summed E-state index contributed by atoms with van der Waals surface area (Å²) in [6.07, 6.45) is -3.45. The maximum Gasteiger partial charge on any atom is 0.433 e. The number of carbonyl (C=O) groups is 1. The van der Waals surface area contributed by atoms with E-state index in [0.717, 1.165) is 6.07 Å². The third-order valence-electron chi connectivity index (χ3n) is 4.02. The van der Waals surface area contributed by atoms with Crippen molar-refractivity contribution in [3.8, 4) is 17.3 Å². The predicted molar refractivity (Wildman–Crippen MR) is 85.8 cm³/mol. The second-order valence-corrected chi connectivity index (χ2v) is 5.95. The molecule has 0 atom stereocenters. The Bertz CT molecular complexity index is 946. The summed E-state index contributed by atoms with van der Waals surface area (Å²) in [5.41, 5.74) is -0.226. The van der Waals surface area contributed by atoms with Crippen LogP contribution in [0.3, 0.4) is 0 Å². The zero-order chi connectivity index (χ0) is 19.0. The summed E-state index contributed by atoms with van der Waals surface area (Å²) in [5.74, 6) is 0.129.